The van der Waals surface area contributed by atoms with Crippen LogP contribution in [-0.2, 0) is 6.54 Å². The van der Waals surface area contributed by atoms with Gasteiger partial charge in [-0.1, -0.05) is 23.8 Å². The Morgan fingerprint density at radius 3 is 2.52 bits per heavy atom. The Kier molecular flexibility index (Phi) is 4.58. The lowest BCUT2D eigenvalue weighted by Crippen LogP contribution is -2.32. The molecule has 112 valence electrons. The van der Waals surface area contributed by atoms with Crippen LogP contribution < -0.4 is 11.0 Å². The number of hydrogen-bond acceptors (Lipinski definition) is 3. The van der Waals surface area contributed by atoms with E-state index in [1.54, 1.807) is 4.57 Å². The number of nitrogens with zero attached hydrogens (tertiary/aromatic N) is 2. The molecule has 0 bridgehead atoms. The average molecular weight is 285 g/mol. The summed E-state index contributed by atoms with van der Waals surface area (Å²) in [6, 6.07) is 8.44. The van der Waals surface area contributed by atoms with Crippen LogP contribution in [0.15, 0.2) is 29.1 Å². The van der Waals surface area contributed by atoms with Crippen molar-refractivity contribution in [2.24, 2.45) is 0 Å². The molecule has 0 fully saturated rings. The first kappa shape index (κ1) is 15.4. The van der Waals surface area contributed by atoms with Crippen LogP contribution in [0.25, 0.3) is 0 Å². The molecule has 1 aromatic carbocycles. The van der Waals surface area contributed by atoms with E-state index in [0.717, 1.165) is 11.4 Å². The van der Waals surface area contributed by atoms with E-state index in [2.05, 4.69) is 42.3 Å². The lowest BCUT2D eigenvalue weighted by molar-refractivity contribution is 0.475. The molecule has 0 radical (unpaired) electrons. The molecule has 0 aliphatic rings. The van der Waals surface area contributed by atoms with Crippen molar-refractivity contribution in [1.82, 2.24) is 14.9 Å². The minimum atomic E-state index is -0.182. The van der Waals surface area contributed by atoms with Crippen LogP contribution in [0.4, 0.5) is 0 Å². The van der Waals surface area contributed by atoms with Gasteiger partial charge in [-0.05, 0) is 51.9 Å². The second-order valence-corrected chi connectivity index (χ2v) is 5.63. The molecule has 1 heterocycles. The number of benzene rings is 1. The van der Waals surface area contributed by atoms with Crippen molar-refractivity contribution in [1.29, 1.82) is 0 Å². The van der Waals surface area contributed by atoms with Gasteiger partial charge in [0.25, 0.3) is 0 Å². The fourth-order valence-corrected chi connectivity index (χ4v) is 2.66. The summed E-state index contributed by atoms with van der Waals surface area (Å²) in [4.78, 5) is 16.2. The van der Waals surface area contributed by atoms with E-state index in [-0.39, 0.29) is 11.7 Å². The van der Waals surface area contributed by atoms with Crippen molar-refractivity contribution in [3.63, 3.8) is 0 Å². The molecule has 1 aromatic heterocycles. The molecule has 4 nitrogen and oxygen atoms in total. The highest BCUT2D eigenvalue weighted by Crippen LogP contribution is 2.20. The number of aryl methyl sites for hydroxylation is 4. The number of hydrogen-bond donors (Lipinski definition) is 1. The zero-order valence-electron chi connectivity index (χ0n) is 13.4. The summed E-state index contributed by atoms with van der Waals surface area (Å²) in [5.74, 6) is 0. The predicted octanol–water partition coefficient (Wildman–Crippen LogP) is 2.44. The van der Waals surface area contributed by atoms with E-state index in [1.807, 2.05) is 27.0 Å². The highest BCUT2D eigenvalue weighted by molar-refractivity contribution is 5.33. The van der Waals surface area contributed by atoms with Gasteiger partial charge in [-0.15, -0.1) is 0 Å². The van der Waals surface area contributed by atoms with Crippen molar-refractivity contribution in [2.45, 2.75) is 40.3 Å². The largest absolute Gasteiger partial charge is 0.348 e. The van der Waals surface area contributed by atoms with Gasteiger partial charge in [0, 0.05) is 17.9 Å². The van der Waals surface area contributed by atoms with Gasteiger partial charge in [-0.2, -0.15) is 4.98 Å². The molecule has 4 heteroatoms. The molecule has 21 heavy (non-hydrogen) atoms. The molecule has 0 aliphatic carbocycles. The van der Waals surface area contributed by atoms with Gasteiger partial charge in [0.1, 0.15) is 0 Å². The van der Waals surface area contributed by atoms with Crippen LogP contribution in [0.2, 0.25) is 0 Å². The Bertz CT molecular complexity index is 704. The molecule has 1 atom stereocenters. The minimum absolute atomic E-state index is 0.0887. The SMILES string of the molecule is CNC(Cn1c(C)cc(C)nc1=O)c1cc(C)ccc1C. The molecule has 1 unspecified atom stereocenters. The number of aromatic nitrogens is 2. The predicted molar refractivity (Wildman–Crippen MR) is 85.7 cm³/mol. The lowest BCUT2D eigenvalue weighted by atomic mass is 9.99. The summed E-state index contributed by atoms with van der Waals surface area (Å²) >= 11 is 0. The molecule has 0 amide bonds. The normalized spacial score (nSPS) is 12.4. The summed E-state index contributed by atoms with van der Waals surface area (Å²) in [6.45, 7) is 8.56. The zero-order chi connectivity index (χ0) is 15.6. The summed E-state index contributed by atoms with van der Waals surface area (Å²) in [7, 11) is 1.93. The third-order valence-electron chi connectivity index (χ3n) is 3.87. The van der Waals surface area contributed by atoms with Gasteiger partial charge in [-0.25, -0.2) is 4.79 Å². The van der Waals surface area contributed by atoms with Crippen molar-refractivity contribution >= 4 is 0 Å². The molecule has 2 rings (SSSR count). The Labute approximate surface area is 125 Å². The van der Waals surface area contributed by atoms with Crippen LogP contribution >= 0.6 is 0 Å². The number of rotatable bonds is 4. The smallest absolute Gasteiger partial charge is 0.312 e. The maximum atomic E-state index is 12.1. The Hall–Kier alpha value is -1.94. The minimum Gasteiger partial charge on any atom is -0.312 e. The van der Waals surface area contributed by atoms with Crippen LogP contribution in [-0.4, -0.2) is 16.6 Å². The van der Waals surface area contributed by atoms with E-state index < -0.39 is 0 Å². The maximum Gasteiger partial charge on any atom is 0.348 e. The highest BCUT2D eigenvalue weighted by atomic mass is 16.1. The first-order valence-corrected chi connectivity index (χ1v) is 7.22. The lowest BCUT2D eigenvalue weighted by Gasteiger charge is -2.21. The topological polar surface area (TPSA) is 46.9 Å². The Morgan fingerprint density at radius 1 is 1.19 bits per heavy atom. The van der Waals surface area contributed by atoms with E-state index in [9.17, 15) is 4.79 Å². The Balaban J connectivity index is 2.40. The number of nitrogens with one attached hydrogen (secondary N) is 1. The van der Waals surface area contributed by atoms with Gasteiger partial charge < -0.3 is 5.32 Å². The highest BCUT2D eigenvalue weighted by Gasteiger charge is 2.15. The monoisotopic (exact) mass is 285 g/mol. The first-order valence-electron chi connectivity index (χ1n) is 7.22. The van der Waals surface area contributed by atoms with Gasteiger partial charge >= 0.3 is 5.69 Å². The number of likely N-dealkylation sites (N-methyl/N-ethyl adjacent to an activating group) is 1. The second-order valence-electron chi connectivity index (χ2n) is 5.63. The molecule has 1 N–H and O–H groups in total. The van der Waals surface area contributed by atoms with Crippen LogP contribution in [0.3, 0.4) is 0 Å². The molecule has 2 aromatic rings. The quantitative estimate of drug-likeness (QED) is 0.938. The van der Waals surface area contributed by atoms with Crippen molar-refractivity contribution in [2.75, 3.05) is 7.05 Å². The van der Waals surface area contributed by atoms with Gasteiger partial charge in [-0.3, -0.25) is 4.57 Å². The average Bonchev–Trinajstić information content (AvgIpc) is 2.41. The van der Waals surface area contributed by atoms with E-state index in [4.69, 9.17) is 0 Å². The van der Waals surface area contributed by atoms with E-state index in [1.165, 1.54) is 16.7 Å². The summed E-state index contributed by atoms with van der Waals surface area (Å²) in [6.07, 6.45) is 0. The second kappa shape index (κ2) is 6.22. The molecule has 0 spiro atoms. The zero-order valence-corrected chi connectivity index (χ0v) is 13.4. The molecular formula is C17H23N3O. The van der Waals surface area contributed by atoms with E-state index in [0.29, 0.717) is 6.54 Å². The third kappa shape index (κ3) is 3.39. The molecule has 0 saturated heterocycles. The van der Waals surface area contributed by atoms with Crippen molar-refractivity contribution in [3.05, 3.63) is 62.8 Å². The standard InChI is InChI=1S/C17H23N3O/c1-11-6-7-12(2)15(8-11)16(18-5)10-20-14(4)9-13(3)19-17(20)21/h6-9,16,18H,10H2,1-5H3. The van der Waals surface area contributed by atoms with Gasteiger partial charge in [0.2, 0.25) is 0 Å². The van der Waals surface area contributed by atoms with Gasteiger partial charge in [0.15, 0.2) is 0 Å². The first-order chi connectivity index (χ1) is 9.92. The summed E-state index contributed by atoms with van der Waals surface area (Å²) < 4.78 is 1.73. The third-order valence-corrected chi connectivity index (χ3v) is 3.87. The molecule has 0 aliphatic heterocycles. The van der Waals surface area contributed by atoms with Crippen LogP contribution in [0, 0.1) is 27.7 Å². The summed E-state index contributed by atoms with van der Waals surface area (Å²) in [5, 5.41) is 3.32. The van der Waals surface area contributed by atoms with Gasteiger partial charge in [0.05, 0.1) is 6.04 Å². The van der Waals surface area contributed by atoms with Crippen molar-refractivity contribution in [3.8, 4) is 0 Å². The maximum absolute atomic E-state index is 12.1. The van der Waals surface area contributed by atoms with Crippen LogP contribution in [0.5, 0.6) is 0 Å². The van der Waals surface area contributed by atoms with Crippen molar-refractivity contribution < 1.29 is 0 Å². The van der Waals surface area contributed by atoms with E-state index >= 15 is 0 Å². The molecule has 0 saturated carbocycles. The molecular weight excluding hydrogens is 262 g/mol. The fraction of sp³-hybridized carbons (Fsp3) is 0.412. The Morgan fingerprint density at radius 2 is 1.90 bits per heavy atom. The summed E-state index contributed by atoms with van der Waals surface area (Å²) in [5.41, 5.74) is 5.20. The fourth-order valence-electron chi connectivity index (χ4n) is 2.66. The van der Waals surface area contributed by atoms with Crippen LogP contribution in [0.1, 0.15) is 34.1 Å².